The Bertz CT molecular complexity index is 350. The van der Waals surface area contributed by atoms with Crippen LogP contribution in [0.3, 0.4) is 0 Å². The highest BCUT2D eigenvalue weighted by Crippen LogP contribution is 2.11. The molecule has 1 unspecified atom stereocenters. The van der Waals surface area contributed by atoms with E-state index in [-0.39, 0.29) is 13.2 Å². The highest BCUT2D eigenvalue weighted by Gasteiger charge is 2.07. The van der Waals surface area contributed by atoms with Gasteiger partial charge in [-0.2, -0.15) is 0 Å². The third kappa shape index (κ3) is 5.21. The van der Waals surface area contributed by atoms with Crippen LogP contribution in [0, 0.1) is 6.92 Å². The minimum Gasteiger partial charge on any atom is -0.491 e. The van der Waals surface area contributed by atoms with Crippen molar-refractivity contribution >= 4 is 6.09 Å². The number of aryl methyl sites for hydroxylation is 1. The number of aliphatic hydroxyl groups is 1. The summed E-state index contributed by atoms with van der Waals surface area (Å²) in [5, 5.41) is 11.9. The van der Waals surface area contributed by atoms with Crippen LogP contribution in [0.25, 0.3) is 0 Å². The molecule has 0 saturated heterocycles. The van der Waals surface area contributed by atoms with Gasteiger partial charge in [0, 0.05) is 0 Å². The van der Waals surface area contributed by atoms with Gasteiger partial charge in [-0.3, -0.25) is 0 Å². The summed E-state index contributed by atoms with van der Waals surface area (Å²) in [6, 6.07) is 7.51. The summed E-state index contributed by atoms with van der Waals surface area (Å²) < 4.78 is 9.72. The molecule has 1 rings (SSSR count). The molecular weight excluding hydrogens is 222 g/mol. The second kappa shape index (κ2) is 6.75. The van der Waals surface area contributed by atoms with Gasteiger partial charge < -0.3 is 19.9 Å². The van der Waals surface area contributed by atoms with Crippen molar-refractivity contribution in [1.29, 1.82) is 0 Å². The van der Waals surface area contributed by atoms with Gasteiger partial charge in [-0.05, 0) is 19.1 Å². The fraction of sp³-hybridized carbons (Fsp3) is 0.417. The Morgan fingerprint density at radius 3 is 2.65 bits per heavy atom. The number of methoxy groups -OCH3 is 1. The van der Waals surface area contributed by atoms with Crippen LogP contribution in [-0.4, -0.2) is 37.6 Å². The molecule has 0 radical (unpaired) electrons. The van der Waals surface area contributed by atoms with Gasteiger partial charge in [-0.15, -0.1) is 0 Å². The molecule has 0 saturated carbocycles. The summed E-state index contributed by atoms with van der Waals surface area (Å²) in [5.74, 6) is 0.688. The number of nitrogens with one attached hydrogen (secondary N) is 1. The van der Waals surface area contributed by atoms with Crippen molar-refractivity contribution < 1.29 is 19.4 Å². The number of rotatable bonds is 5. The van der Waals surface area contributed by atoms with Gasteiger partial charge in [0.05, 0.1) is 13.7 Å². The van der Waals surface area contributed by atoms with E-state index in [2.05, 4.69) is 10.1 Å². The largest absolute Gasteiger partial charge is 0.491 e. The maximum atomic E-state index is 10.7. The average molecular weight is 239 g/mol. The summed E-state index contributed by atoms with van der Waals surface area (Å²) in [6.45, 7) is 2.20. The summed E-state index contributed by atoms with van der Waals surface area (Å²) >= 11 is 0. The Morgan fingerprint density at radius 1 is 1.41 bits per heavy atom. The molecule has 0 aliphatic rings. The SMILES string of the molecule is COC(=O)NCC(O)COc1ccc(C)cc1. The average Bonchev–Trinajstić information content (AvgIpc) is 2.35. The zero-order valence-electron chi connectivity index (χ0n) is 9.97. The van der Waals surface area contributed by atoms with E-state index >= 15 is 0 Å². The number of carbonyl (C=O) groups is 1. The Labute approximate surface area is 100 Å². The summed E-state index contributed by atoms with van der Waals surface area (Å²) in [4.78, 5) is 10.7. The molecule has 1 aromatic carbocycles. The first-order valence-electron chi connectivity index (χ1n) is 5.31. The number of hydrogen-bond donors (Lipinski definition) is 2. The molecular formula is C12H17NO4. The molecule has 1 aromatic rings. The first kappa shape index (κ1) is 13.3. The first-order valence-corrected chi connectivity index (χ1v) is 5.31. The topological polar surface area (TPSA) is 67.8 Å². The summed E-state index contributed by atoms with van der Waals surface area (Å²) in [7, 11) is 1.27. The molecule has 0 aliphatic carbocycles. The molecule has 1 atom stereocenters. The molecule has 0 heterocycles. The van der Waals surface area contributed by atoms with Crippen molar-refractivity contribution in [3.05, 3.63) is 29.8 Å². The Hall–Kier alpha value is -1.75. The third-order valence-electron chi connectivity index (χ3n) is 2.13. The zero-order chi connectivity index (χ0) is 12.7. The van der Waals surface area contributed by atoms with Crippen molar-refractivity contribution in [1.82, 2.24) is 5.32 Å². The van der Waals surface area contributed by atoms with E-state index in [1.807, 2.05) is 31.2 Å². The van der Waals surface area contributed by atoms with Gasteiger partial charge in [0.25, 0.3) is 0 Å². The van der Waals surface area contributed by atoms with Gasteiger partial charge in [-0.25, -0.2) is 4.79 Å². The molecule has 0 aromatic heterocycles. The number of aliphatic hydroxyl groups excluding tert-OH is 1. The summed E-state index contributed by atoms with van der Waals surface area (Å²) in [5.41, 5.74) is 1.14. The summed E-state index contributed by atoms with van der Waals surface area (Å²) in [6.07, 6.45) is -1.34. The number of amides is 1. The van der Waals surface area contributed by atoms with Gasteiger partial charge in [0.2, 0.25) is 0 Å². The molecule has 5 nitrogen and oxygen atoms in total. The minimum atomic E-state index is -0.768. The van der Waals surface area contributed by atoms with Crippen LogP contribution in [0.2, 0.25) is 0 Å². The number of benzene rings is 1. The lowest BCUT2D eigenvalue weighted by atomic mass is 10.2. The van der Waals surface area contributed by atoms with Crippen molar-refractivity contribution in [3.8, 4) is 5.75 Å². The van der Waals surface area contributed by atoms with E-state index in [0.29, 0.717) is 5.75 Å². The van der Waals surface area contributed by atoms with Crippen LogP contribution < -0.4 is 10.1 Å². The smallest absolute Gasteiger partial charge is 0.406 e. The van der Waals surface area contributed by atoms with Crippen LogP contribution in [0.15, 0.2) is 24.3 Å². The highest BCUT2D eigenvalue weighted by molar-refractivity contribution is 5.66. The predicted octanol–water partition coefficient (Wildman–Crippen LogP) is 1.09. The van der Waals surface area contributed by atoms with Crippen LogP contribution in [0.4, 0.5) is 4.79 Å². The van der Waals surface area contributed by atoms with E-state index < -0.39 is 12.2 Å². The molecule has 94 valence electrons. The Kier molecular flexibility index (Phi) is 5.29. The van der Waals surface area contributed by atoms with Crippen molar-refractivity contribution in [3.63, 3.8) is 0 Å². The van der Waals surface area contributed by atoms with Crippen LogP contribution in [0.1, 0.15) is 5.56 Å². The van der Waals surface area contributed by atoms with Crippen LogP contribution in [-0.2, 0) is 4.74 Å². The molecule has 0 fully saturated rings. The van der Waals surface area contributed by atoms with Crippen molar-refractivity contribution in [2.75, 3.05) is 20.3 Å². The van der Waals surface area contributed by atoms with Crippen molar-refractivity contribution in [2.24, 2.45) is 0 Å². The third-order valence-corrected chi connectivity index (χ3v) is 2.13. The number of hydrogen-bond acceptors (Lipinski definition) is 4. The predicted molar refractivity (Wildman–Crippen MR) is 63.1 cm³/mol. The van der Waals surface area contributed by atoms with Gasteiger partial charge in [-0.1, -0.05) is 17.7 Å². The molecule has 0 spiro atoms. The number of carbonyl (C=O) groups excluding carboxylic acids is 1. The van der Waals surface area contributed by atoms with E-state index in [9.17, 15) is 9.90 Å². The molecule has 5 heteroatoms. The second-order valence-corrected chi connectivity index (χ2v) is 3.65. The van der Waals surface area contributed by atoms with E-state index in [1.54, 1.807) is 0 Å². The lowest BCUT2D eigenvalue weighted by molar-refractivity contribution is 0.102. The number of alkyl carbamates (subject to hydrolysis) is 1. The Morgan fingerprint density at radius 2 is 2.06 bits per heavy atom. The molecule has 1 amide bonds. The maximum Gasteiger partial charge on any atom is 0.406 e. The normalized spacial score (nSPS) is 11.7. The number of ether oxygens (including phenoxy) is 2. The van der Waals surface area contributed by atoms with Crippen LogP contribution >= 0.6 is 0 Å². The van der Waals surface area contributed by atoms with Crippen molar-refractivity contribution in [2.45, 2.75) is 13.0 Å². The highest BCUT2D eigenvalue weighted by atomic mass is 16.5. The molecule has 2 N–H and O–H groups in total. The zero-order valence-corrected chi connectivity index (χ0v) is 9.97. The first-order chi connectivity index (χ1) is 8.11. The molecule has 0 bridgehead atoms. The minimum absolute atomic E-state index is 0.0958. The quantitative estimate of drug-likeness (QED) is 0.807. The van der Waals surface area contributed by atoms with E-state index in [4.69, 9.17) is 4.74 Å². The monoisotopic (exact) mass is 239 g/mol. The lowest BCUT2D eigenvalue weighted by Crippen LogP contribution is -2.35. The maximum absolute atomic E-state index is 10.7. The van der Waals surface area contributed by atoms with Gasteiger partial charge in [0.15, 0.2) is 0 Å². The van der Waals surface area contributed by atoms with Crippen LogP contribution in [0.5, 0.6) is 5.75 Å². The lowest BCUT2D eigenvalue weighted by Gasteiger charge is -2.12. The van der Waals surface area contributed by atoms with E-state index in [0.717, 1.165) is 5.56 Å². The molecule has 17 heavy (non-hydrogen) atoms. The van der Waals surface area contributed by atoms with E-state index in [1.165, 1.54) is 7.11 Å². The fourth-order valence-electron chi connectivity index (χ4n) is 1.16. The van der Waals surface area contributed by atoms with Gasteiger partial charge in [0.1, 0.15) is 18.5 Å². The second-order valence-electron chi connectivity index (χ2n) is 3.65. The Balaban J connectivity index is 2.25. The van der Waals surface area contributed by atoms with Gasteiger partial charge >= 0.3 is 6.09 Å². The molecule has 0 aliphatic heterocycles. The standard InChI is InChI=1S/C12H17NO4/c1-9-3-5-11(6-4-9)17-8-10(14)7-13-12(15)16-2/h3-6,10,14H,7-8H2,1-2H3,(H,13,15). The fourth-order valence-corrected chi connectivity index (χ4v) is 1.16.